The van der Waals surface area contributed by atoms with Crippen molar-refractivity contribution in [2.45, 2.75) is 23.0 Å². The van der Waals surface area contributed by atoms with Crippen LogP contribution in [-0.2, 0) is 10.0 Å². The van der Waals surface area contributed by atoms with Crippen molar-refractivity contribution in [2.75, 3.05) is 4.72 Å². The third kappa shape index (κ3) is 3.14. The van der Waals surface area contributed by atoms with Gasteiger partial charge in [-0.05, 0) is 31.0 Å². The quantitative estimate of drug-likeness (QED) is 0.724. The number of rotatable bonds is 5. The lowest BCUT2D eigenvalue weighted by Gasteiger charge is -2.04. The topological polar surface area (TPSA) is 98.0 Å². The average Bonchev–Trinajstić information content (AvgIpc) is 3.09. The molecule has 0 bridgehead atoms. The molecule has 124 valence electrons. The van der Waals surface area contributed by atoms with Crippen LogP contribution in [0.2, 0.25) is 5.02 Å². The molecular weight excluding hydrogens is 372 g/mol. The molecule has 3 aromatic heterocycles. The Morgan fingerprint density at radius 1 is 1.33 bits per heavy atom. The van der Waals surface area contributed by atoms with Crippen LogP contribution in [0, 0.1) is 0 Å². The van der Waals surface area contributed by atoms with Crippen molar-refractivity contribution in [3.05, 3.63) is 40.7 Å². The van der Waals surface area contributed by atoms with Crippen LogP contribution in [0.5, 0.6) is 0 Å². The molecule has 3 heterocycles. The summed E-state index contributed by atoms with van der Waals surface area (Å²) in [6.07, 6.45) is 3.49. The van der Waals surface area contributed by atoms with E-state index in [0.29, 0.717) is 28.2 Å². The fourth-order valence-corrected chi connectivity index (χ4v) is 4.33. The fourth-order valence-electron chi connectivity index (χ4n) is 2.05. The predicted molar refractivity (Wildman–Crippen MR) is 89.6 cm³/mol. The van der Waals surface area contributed by atoms with Crippen LogP contribution in [0.25, 0.3) is 11.4 Å². The van der Waals surface area contributed by atoms with Gasteiger partial charge in [-0.15, -0.1) is 11.3 Å². The molecule has 0 saturated heterocycles. The molecule has 1 aliphatic carbocycles. The van der Waals surface area contributed by atoms with Crippen LogP contribution in [0.3, 0.4) is 0 Å². The van der Waals surface area contributed by atoms with Gasteiger partial charge in [-0.2, -0.15) is 4.98 Å². The third-order valence-corrected chi connectivity index (χ3v) is 6.45. The molecule has 1 fully saturated rings. The molecule has 0 unspecified atom stereocenters. The highest BCUT2D eigenvalue weighted by Gasteiger charge is 2.30. The SMILES string of the molecule is O=S(=O)(Nc1ccc(Cl)cn1)c1cc(-c2noc(C3CC3)n2)cs1. The number of anilines is 1. The summed E-state index contributed by atoms with van der Waals surface area (Å²) in [6, 6.07) is 4.57. The first-order valence-corrected chi connectivity index (χ1v) is 9.82. The van der Waals surface area contributed by atoms with Crippen LogP contribution in [-0.4, -0.2) is 23.5 Å². The van der Waals surface area contributed by atoms with Gasteiger partial charge in [-0.1, -0.05) is 16.8 Å². The second kappa shape index (κ2) is 5.83. The first kappa shape index (κ1) is 15.6. The Kier molecular flexibility index (Phi) is 3.78. The Balaban J connectivity index is 1.57. The second-order valence-electron chi connectivity index (χ2n) is 5.35. The van der Waals surface area contributed by atoms with Crippen LogP contribution in [0.1, 0.15) is 24.7 Å². The average molecular weight is 383 g/mol. The van der Waals surface area contributed by atoms with Crippen molar-refractivity contribution in [2.24, 2.45) is 0 Å². The molecule has 0 aliphatic heterocycles. The summed E-state index contributed by atoms with van der Waals surface area (Å²) in [5, 5.41) is 6.03. The molecule has 0 aromatic carbocycles. The zero-order chi connectivity index (χ0) is 16.7. The smallest absolute Gasteiger partial charge is 0.272 e. The molecule has 0 spiro atoms. The Morgan fingerprint density at radius 3 is 2.88 bits per heavy atom. The minimum absolute atomic E-state index is 0.145. The second-order valence-corrected chi connectivity index (χ2v) is 8.61. The van der Waals surface area contributed by atoms with E-state index in [1.807, 2.05) is 0 Å². The summed E-state index contributed by atoms with van der Waals surface area (Å²) >= 11 is 6.82. The number of hydrogen-bond acceptors (Lipinski definition) is 7. The molecule has 0 amide bonds. The van der Waals surface area contributed by atoms with E-state index in [2.05, 4.69) is 19.8 Å². The summed E-state index contributed by atoms with van der Waals surface area (Å²) in [7, 11) is -3.73. The monoisotopic (exact) mass is 382 g/mol. The number of halogens is 1. The van der Waals surface area contributed by atoms with E-state index in [4.69, 9.17) is 16.1 Å². The number of nitrogens with zero attached hydrogens (tertiary/aromatic N) is 3. The van der Waals surface area contributed by atoms with Gasteiger partial charge in [-0.3, -0.25) is 4.72 Å². The van der Waals surface area contributed by atoms with E-state index in [1.165, 1.54) is 18.3 Å². The van der Waals surface area contributed by atoms with Gasteiger partial charge in [-0.25, -0.2) is 13.4 Å². The van der Waals surface area contributed by atoms with Crippen molar-refractivity contribution in [3.63, 3.8) is 0 Å². The first-order valence-electron chi connectivity index (χ1n) is 7.08. The molecule has 1 saturated carbocycles. The lowest BCUT2D eigenvalue weighted by Crippen LogP contribution is -2.12. The van der Waals surface area contributed by atoms with Gasteiger partial charge in [0.1, 0.15) is 10.0 Å². The van der Waals surface area contributed by atoms with Crippen LogP contribution in [0.15, 0.2) is 38.5 Å². The maximum absolute atomic E-state index is 12.4. The molecule has 1 aliphatic rings. The predicted octanol–water partition coefficient (Wildman–Crippen LogP) is 3.52. The molecule has 0 atom stereocenters. The molecule has 4 rings (SSSR count). The normalized spacial score (nSPS) is 14.7. The van der Waals surface area contributed by atoms with Gasteiger partial charge in [0.15, 0.2) is 0 Å². The van der Waals surface area contributed by atoms with Gasteiger partial charge in [0, 0.05) is 23.1 Å². The highest BCUT2D eigenvalue weighted by molar-refractivity contribution is 7.94. The zero-order valence-electron chi connectivity index (χ0n) is 12.1. The molecule has 1 N–H and O–H groups in total. The lowest BCUT2D eigenvalue weighted by molar-refractivity contribution is 0.380. The molecular formula is C14H11ClN4O3S2. The number of nitrogens with one attached hydrogen (secondary N) is 1. The van der Waals surface area contributed by atoms with E-state index in [0.717, 1.165) is 24.2 Å². The van der Waals surface area contributed by atoms with Crippen molar-refractivity contribution < 1.29 is 12.9 Å². The van der Waals surface area contributed by atoms with Gasteiger partial charge in [0.2, 0.25) is 11.7 Å². The summed E-state index contributed by atoms with van der Waals surface area (Å²) < 4.78 is 32.6. The Hall–Kier alpha value is -1.97. The van der Waals surface area contributed by atoms with E-state index in [1.54, 1.807) is 11.4 Å². The molecule has 10 heteroatoms. The maximum Gasteiger partial charge on any atom is 0.272 e. The summed E-state index contributed by atoms with van der Waals surface area (Å²) in [5.74, 6) is 1.57. The lowest BCUT2D eigenvalue weighted by atomic mass is 10.3. The zero-order valence-corrected chi connectivity index (χ0v) is 14.5. The molecule has 0 radical (unpaired) electrons. The van der Waals surface area contributed by atoms with Gasteiger partial charge in [0.25, 0.3) is 10.0 Å². The van der Waals surface area contributed by atoms with Crippen molar-refractivity contribution in [1.29, 1.82) is 0 Å². The summed E-state index contributed by atoms with van der Waals surface area (Å²) in [6.45, 7) is 0. The number of sulfonamides is 1. The van der Waals surface area contributed by atoms with E-state index in [9.17, 15) is 8.42 Å². The highest BCUT2D eigenvalue weighted by atomic mass is 35.5. The minimum atomic E-state index is -3.73. The summed E-state index contributed by atoms with van der Waals surface area (Å²) in [4.78, 5) is 8.24. The standard InChI is InChI=1S/C14H11ClN4O3S2/c15-10-3-4-11(16-6-10)19-24(20,21)12-5-9(7-23-12)13-17-14(22-18-13)8-1-2-8/h3-8H,1-2H2,(H,16,19). The Bertz CT molecular complexity index is 978. The Morgan fingerprint density at radius 2 is 2.17 bits per heavy atom. The minimum Gasteiger partial charge on any atom is -0.339 e. The van der Waals surface area contributed by atoms with E-state index < -0.39 is 10.0 Å². The first-order chi connectivity index (χ1) is 11.5. The van der Waals surface area contributed by atoms with Crippen molar-refractivity contribution >= 4 is 38.8 Å². The maximum atomic E-state index is 12.4. The van der Waals surface area contributed by atoms with Gasteiger partial charge in [0.05, 0.1) is 5.02 Å². The number of thiophene rings is 1. The van der Waals surface area contributed by atoms with E-state index >= 15 is 0 Å². The number of aromatic nitrogens is 3. The summed E-state index contributed by atoms with van der Waals surface area (Å²) in [5.41, 5.74) is 0.611. The molecule has 24 heavy (non-hydrogen) atoms. The van der Waals surface area contributed by atoms with Gasteiger partial charge >= 0.3 is 0 Å². The number of hydrogen-bond donors (Lipinski definition) is 1. The van der Waals surface area contributed by atoms with Crippen LogP contribution >= 0.6 is 22.9 Å². The Labute approximate surface area is 146 Å². The fraction of sp³-hybridized carbons (Fsp3) is 0.214. The molecule has 7 nitrogen and oxygen atoms in total. The van der Waals surface area contributed by atoms with Crippen molar-refractivity contribution in [1.82, 2.24) is 15.1 Å². The molecule has 3 aromatic rings. The number of pyridine rings is 1. The third-order valence-electron chi connectivity index (χ3n) is 3.43. The van der Waals surface area contributed by atoms with Crippen molar-refractivity contribution in [3.8, 4) is 11.4 Å². The highest BCUT2D eigenvalue weighted by Crippen LogP contribution is 2.40. The van der Waals surface area contributed by atoms with Crippen LogP contribution in [0.4, 0.5) is 5.82 Å². The van der Waals surface area contributed by atoms with Crippen LogP contribution < -0.4 is 4.72 Å². The van der Waals surface area contributed by atoms with Gasteiger partial charge < -0.3 is 4.52 Å². The van der Waals surface area contributed by atoms with E-state index in [-0.39, 0.29) is 10.0 Å². The largest absolute Gasteiger partial charge is 0.339 e.